The Morgan fingerprint density at radius 2 is 2.00 bits per heavy atom. The minimum absolute atomic E-state index is 0.265. The number of esters is 1. The number of hydrogen-bond acceptors (Lipinski definition) is 7. The summed E-state index contributed by atoms with van der Waals surface area (Å²) in [6, 6.07) is 3.64. The maximum absolute atomic E-state index is 12.1. The van der Waals surface area contributed by atoms with Gasteiger partial charge in [0.05, 0.1) is 0 Å². The number of anilines is 1. The van der Waals surface area contributed by atoms with Crippen LogP contribution in [0.2, 0.25) is 0 Å². The monoisotopic (exact) mass is 349 g/mol. The maximum atomic E-state index is 12.1. The molecule has 2 heterocycles. The molecule has 0 fully saturated rings. The molecule has 0 radical (unpaired) electrons. The summed E-state index contributed by atoms with van der Waals surface area (Å²) in [6.07, 6.45) is 2.73. The topological polar surface area (TPSA) is 113 Å². The standard InChI is InChI=1S/C15H15N3O5S/c1-17-13(16)12(14(21)18(2)15(17)22)10(19)8-23-11(20)6-5-9-4-3-7-24-9/h3-7H,8,16H2,1-2H3. The van der Waals surface area contributed by atoms with E-state index in [4.69, 9.17) is 10.5 Å². The van der Waals surface area contributed by atoms with Crippen molar-refractivity contribution in [2.45, 2.75) is 0 Å². The Morgan fingerprint density at radius 3 is 2.62 bits per heavy atom. The fourth-order valence-electron chi connectivity index (χ4n) is 1.92. The molecular weight excluding hydrogens is 334 g/mol. The zero-order chi connectivity index (χ0) is 17.9. The molecule has 0 bridgehead atoms. The Morgan fingerprint density at radius 1 is 1.29 bits per heavy atom. The second kappa shape index (κ2) is 7.09. The second-order valence-corrected chi connectivity index (χ2v) is 5.82. The van der Waals surface area contributed by atoms with Gasteiger partial charge < -0.3 is 10.5 Å². The predicted octanol–water partition coefficient (Wildman–Crippen LogP) is 0.167. The number of rotatable bonds is 5. The zero-order valence-electron chi connectivity index (χ0n) is 13.0. The highest BCUT2D eigenvalue weighted by Gasteiger charge is 2.21. The quantitative estimate of drug-likeness (QED) is 0.467. The summed E-state index contributed by atoms with van der Waals surface area (Å²) in [6.45, 7) is -0.648. The summed E-state index contributed by atoms with van der Waals surface area (Å²) in [7, 11) is 2.57. The van der Waals surface area contributed by atoms with Gasteiger partial charge in [0, 0.05) is 25.0 Å². The Bertz CT molecular complexity index is 922. The van der Waals surface area contributed by atoms with E-state index in [0.29, 0.717) is 0 Å². The summed E-state index contributed by atoms with van der Waals surface area (Å²) >= 11 is 1.44. The highest BCUT2D eigenvalue weighted by Crippen LogP contribution is 2.10. The molecule has 126 valence electrons. The van der Waals surface area contributed by atoms with Gasteiger partial charge in [-0.1, -0.05) is 6.07 Å². The molecule has 2 aromatic rings. The Labute approximate surface area is 140 Å². The van der Waals surface area contributed by atoms with E-state index in [1.165, 1.54) is 31.5 Å². The lowest BCUT2D eigenvalue weighted by Gasteiger charge is -2.10. The van der Waals surface area contributed by atoms with Crippen molar-refractivity contribution >= 4 is 35.0 Å². The lowest BCUT2D eigenvalue weighted by molar-refractivity contribution is -0.136. The molecule has 0 aliphatic rings. The highest BCUT2D eigenvalue weighted by atomic mass is 32.1. The van der Waals surface area contributed by atoms with Gasteiger partial charge in [-0.15, -0.1) is 11.3 Å². The lowest BCUT2D eigenvalue weighted by Crippen LogP contribution is -2.42. The van der Waals surface area contributed by atoms with E-state index in [0.717, 1.165) is 14.0 Å². The number of hydrogen-bond donors (Lipinski definition) is 1. The Balaban J connectivity index is 2.12. The van der Waals surface area contributed by atoms with Gasteiger partial charge in [-0.2, -0.15) is 0 Å². The molecule has 0 amide bonds. The molecule has 0 spiro atoms. The van der Waals surface area contributed by atoms with Crippen LogP contribution in [-0.2, 0) is 23.6 Å². The summed E-state index contributed by atoms with van der Waals surface area (Å²) in [4.78, 5) is 48.3. The SMILES string of the molecule is Cn1c(N)c(C(=O)COC(=O)C=Cc2cccs2)c(=O)n(C)c1=O. The maximum Gasteiger partial charge on any atom is 0.332 e. The molecule has 0 aromatic carbocycles. The third-order valence-corrected chi connectivity index (χ3v) is 4.10. The minimum atomic E-state index is -0.828. The first-order chi connectivity index (χ1) is 11.3. The van der Waals surface area contributed by atoms with Crippen LogP contribution in [0, 0.1) is 0 Å². The van der Waals surface area contributed by atoms with Gasteiger partial charge in [-0.3, -0.25) is 18.7 Å². The van der Waals surface area contributed by atoms with E-state index in [1.54, 1.807) is 6.08 Å². The van der Waals surface area contributed by atoms with Crippen molar-refractivity contribution in [2.24, 2.45) is 14.1 Å². The van der Waals surface area contributed by atoms with Crippen molar-refractivity contribution in [1.29, 1.82) is 0 Å². The van der Waals surface area contributed by atoms with Crippen LogP contribution in [0.3, 0.4) is 0 Å². The van der Waals surface area contributed by atoms with Crippen LogP contribution in [0.25, 0.3) is 6.08 Å². The van der Waals surface area contributed by atoms with E-state index in [2.05, 4.69) is 0 Å². The summed E-state index contributed by atoms with van der Waals surface area (Å²) < 4.78 is 6.56. The van der Waals surface area contributed by atoms with Crippen molar-refractivity contribution in [3.05, 3.63) is 54.9 Å². The highest BCUT2D eigenvalue weighted by molar-refractivity contribution is 7.10. The molecule has 8 nitrogen and oxygen atoms in total. The number of nitrogen functional groups attached to an aromatic ring is 1. The number of nitrogens with zero attached hydrogens (tertiary/aromatic N) is 2. The number of aromatic nitrogens is 2. The molecule has 2 rings (SSSR count). The minimum Gasteiger partial charge on any atom is -0.454 e. The van der Waals surface area contributed by atoms with Crippen LogP contribution in [0.1, 0.15) is 15.2 Å². The van der Waals surface area contributed by atoms with Gasteiger partial charge >= 0.3 is 11.7 Å². The summed E-state index contributed by atoms with van der Waals surface area (Å²) in [5.74, 6) is -1.77. The van der Waals surface area contributed by atoms with Gasteiger partial charge in [0.15, 0.2) is 6.61 Å². The lowest BCUT2D eigenvalue weighted by atomic mass is 10.2. The fourth-order valence-corrected chi connectivity index (χ4v) is 2.53. The number of Topliss-reactive ketones (excluding diaryl/α,β-unsaturated/α-hetero) is 1. The van der Waals surface area contributed by atoms with Crippen LogP contribution in [0.15, 0.2) is 33.2 Å². The number of carbonyl (C=O) groups excluding carboxylic acids is 2. The second-order valence-electron chi connectivity index (χ2n) is 4.85. The van der Waals surface area contributed by atoms with Crippen molar-refractivity contribution in [1.82, 2.24) is 9.13 Å². The van der Waals surface area contributed by atoms with Gasteiger partial charge in [0.25, 0.3) is 5.56 Å². The zero-order valence-corrected chi connectivity index (χ0v) is 13.8. The van der Waals surface area contributed by atoms with Gasteiger partial charge in [0.1, 0.15) is 11.4 Å². The summed E-state index contributed by atoms with van der Waals surface area (Å²) in [5.41, 5.74) is 3.80. The third-order valence-electron chi connectivity index (χ3n) is 3.26. The Hall–Kier alpha value is -2.94. The Kier molecular flexibility index (Phi) is 5.14. The molecule has 0 unspecified atom stereocenters. The summed E-state index contributed by atoms with van der Waals surface area (Å²) in [5, 5.41) is 1.85. The normalized spacial score (nSPS) is 10.9. The van der Waals surface area contributed by atoms with Gasteiger partial charge in [-0.05, 0) is 17.5 Å². The van der Waals surface area contributed by atoms with E-state index in [-0.39, 0.29) is 11.4 Å². The van der Waals surface area contributed by atoms with Gasteiger partial charge in [-0.25, -0.2) is 9.59 Å². The van der Waals surface area contributed by atoms with Crippen molar-refractivity contribution in [3.8, 4) is 0 Å². The number of ketones is 1. The first kappa shape index (κ1) is 17.4. The fraction of sp³-hybridized carbons (Fsp3) is 0.200. The number of nitrogens with two attached hydrogens (primary N) is 1. The van der Waals surface area contributed by atoms with E-state index in [1.807, 2.05) is 17.5 Å². The van der Waals surface area contributed by atoms with Gasteiger partial charge in [0.2, 0.25) is 5.78 Å². The van der Waals surface area contributed by atoms with E-state index < -0.39 is 29.6 Å². The van der Waals surface area contributed by atoms with Crippen LogP contribution < -0.4 is 17.0 Å². The molecule has 0 aliphatic heterocycles. The molecular formula is C15H15N3O5S. The first-order valence-electron chi connectivity index (χ1n) is 6.80. The average molecular weight is 349 g/mol. The molecule has 2 aromatic heterocycles. The van der Waals surface area contributed by atoms with E-state index in [9.17, 15) is 19.2 Å². The molecule has 9 heteroatoms. The van der Waals surface area contributed by atoms with Crippen molar-refractivity contribution < 1.29 is 14.3 Å². The number of thiophene rings is 1. The third kappa shape index (κ3) is 3.51. The molecule has 0 atom stereocenters. The largest absolute Gasteiger partial charge is 0.454 e. The molecule has 0 saturated heterocycles. The average Bonchev–Trinajstić information content (AvgIpc) is 3.08. The predicted molar refractivity (Wildman–Crippen MR) is 90.0 cm³/mol. The molecule has 24 heavy (non-hydrogen) atoms. The van der Waals surface area contributed by atoms with Crippen molar-refractivity contribution in [2.75, 3.05) is 12.3 Å². The smallest absolute Gasteiger partial charge is 0.332 e. The van der Waals surface area contributed by atoms with E-state index >= 15 is 0 Å². The number of carbonyl (C=O) groups is 2. The van der Waals surface area contributed by atoms with Crippen LogP contribution >= 0.6 is 11.3 Å². The van der Waals surface area contributed by atoms with Crippen LogP contribution in [0.5, 0.6) is 0 Å². The van der Waals surface area contributed by atoms with Crippen molar-refractivity contribution in [3.63, 3.8) is 0 Å². The van der Waals surface area contributed by atoms with Crippen LogP contribution in [0.4, 0.5) is 5.82 Å². The molecule has 0 aliphatic carbocycles. The van der Waals surface area contributed by atoms with Crippen LogP contribution in [-0.4, -0.2) is 27.5 Å². The first-order valence-corrected chi connectivity index (χ1v) is 7.68. The molecule has 0 saturated carbocycles. The molecule has 2 N–H and O–H groups in total. The number of ether oxygens (including phenoxy) is 1.